The first-order chi connectivity index (χ1) is 8.11. The van der Waals surface area contributed by atoms with Crippen molar-refractivity contribution in [1.82, 2.24) is 4.98 Å². The van der Waals surface area contributed by atoms with E-state index in [0.29, 0.717) is 32.0 Å². The number of nitrogens with zero attached hydrogens (tertiary/aromatic N) is 2. The Kier molecular flexibility index (Phi) is 3.54. The molecule has 0 spiro atoms. The van der Waals surface area contributed by atoms with Crippen molar-refractivity contribution in [3.63, 3.8) is 0 Å². The summed E-state index contributed by atoms with van der Waals surface area (Å²) in [6.07, 6.45) is 0. The average Bonchev–Trinajstić information content (AvgIpc) is 2.28. The molecule has 0 atom stereocenters. The molecule has 84 valence electrons. The standard InChI is InChI=1S/C12H5Cl3N2/c13-7-4-9(14)12(10(15)5-7)11-3-1-2-8(6-16)17-11/h1-5H. The van der Waals surface area contributed by atoms with Crippen molar-refractivity contribution in [2.45, 2.75) is 0 Å². The number of rotatable bonds is 1. The Balaban J connectivity index is 2.65. The molecule has 0 aliphatic rings. The minimum Gasteiger partial charge on any atom is -0.237 e. The predicted octanol–water partition coefficient (Wildman–Crippen LogP) is 4.58. The van der Waals surface area contributed by atoms with Crippen LogP contribution in [0.5, 0.6) is 0 Å². The third-order valence-electron chi connectivity index (χ3n) is 2.13. The van der Waals surface area contributed by atoms with E-state index in [1.54, 1.807) is 30.3 Å². The van der Waals surface area contributed by atoms with Crippen molar-refractivity contribution in [1.29, 1.82) is 5.26 Å². The van der Waals surface area contributed by atoms with Crippen molar-refractivity contribution in [2.24, 2.45) is 0 Å². The van der Waals surface area contributed by atoms with E-state index >= 15 is 0 Å². The first-order valence-corrected chi connectivity index (χ1v) is 5.77. The first-order valence-electron chi connectivity index (χ1n) is 4.64. The highest BCUT2D eigenvalue weighted by atomic mass is 35.5. The number of halogens is 3. The van der Waals surface area contributed by atoms with Gasteiger partial charge in [0.1, 0.15) is 11.8 Å². The van der Waals surface area contributed by atoms with Crippen molar-refractivity contribution in [3.05, 3.63) is 51.1 Å². The van der Waals surface area contributed by atoms with Gasteiger partial charge in [-0.15, -0.1) is 0 Å². The third kappa shape index (κ3) is 2.53. The molecule has 0 bridgehead atoms. The van der Waals surface area contributed by atoms with Gasteiger partial charge in [0.25, 0.3) is 0 Å². The highest BCUT2D eigenvalue weighted by Gasteiger charge is 2.11. The molecule has 2 nitrogen and oxygen atoms in total. The Bertz CT molecular complexity index is 594. The van der Waals surface area contributed by atoms with Gasteiger partial charge in [-0.2, -0.15) is 5.26 Å². The van der Waals surface area contributed by atoms with E-state index < -0.39 is 0 Å². The summed E-state index contributed by atoms with van der Waals surface area (Å²) >= 11 is 18.0. The zero-order chi connectivity index (χ0) is 12.4. The van der Waals surface area contributed by atoms with Gasteiger partial charge in [0, 0.05) is 10.6 Å². The summed E-state index contributed by atoms with van der Waals surface area (Å²) in [5.74, 6) is 0. The van der Waals surface area contributed by atoms with Crippen LogP contribution in [0.25, 0.3) is 11.3 Å². The summed E-state index contributed by atoms with van der Waals surface area (Å²) in [6, 6.07) is 10.2. The van der Waals surface area contributed by atoms with Crippen LogP contribution in [0.1, 0.15) is 5.69 Å². The molecule has 0 aliphatic heterocycles. The van der Waals surface area contributed by atoms with Gasteiger partial charge in [0.15, 0.2) is 0 Å². The van der Waals surface area contributed by atoms with Gasteiger partial charge in [0.2, 0.25) is 0 Å². The fourth-order valence-electron chi connectivity index (χ4n) is 1.42. The normalized spacial score (nSPS) is 10.0. The Morgan fingerprint density at radius 3 is 2.29 bits per heavy atom. The van der Waals surface area contributed by atoms with E-state index in [1.807, 2.05) is 6.07 Å². The lowest BCUT2D eigenvalue weighted by atomic mass is 10.1. The number of aromatic nitrogens is 1. The topological polar surface area (TPSA) is 36.7 Å². The number of pyridine rings is 1. The van der Waals surface area contributed by atoms with Gasteiger partial charge in [0.05, 0.1) is 15.7 Å². The Hall–Kier alpha value is -1.27. The van der Waals surface area contributed by atoms with E-state index in [1.165, 1.54) is 0 Å². The minimum atomic E-state index is 0.310. The van der Waals surface area contributed by atoms with Crippen LogP contribution in [-0.2, 0) is 0 Å². The van der Waals surface area contributed by atoms with Crippen LogP contribution >= 0.6 is 34.8 Å². The largest absolute Gasteiger partial charge is 0.237 e. The van der Waals surface area contributed by atoms with Gasteiger partial charge in [-0.1, -0.05) is 40.9 Å². The van der Waals surface area contributed by atoms with E-state index in [9.17, 15) is 0 Å². The molecule has 0 amide bonds. The van der Waals surface area contributed by atoms with Gasteiger partial charge in [-0.3, -0.25) is 0 Å². The maximum absolute atomic E-state index is 8.79. The summed E-state index contributed by atoms with van der Waals surface area (Å²) in [5, 5.41) is 10.1. The van der Waals surface area contributed by atoms with Crippen LogP contribution in [0, 0.1) is 11.3 Å². The monoisotopic (exact) mass is 282 g/mol. The second kappa shape index (κ2) is 4.93. The molecule has 0 unspecified atom stereocenters. The summed E-state index contributed by atoms with van der Waals surface area (Å²) < 4.78 is 0. The van der Waals surface area contributed by atoms with Crippen LogP contribution in [-0.4, -0.2) is 4.98 Å². The lowest BCUT2D eigenvalue weighted by Crippen LogP contribution is -1.89. The molecule has 5 heteroatoms. The zero-order valence-electron chi connectivity index (χ0n) is 8.42. The highest BCUT2D eigenvalue weighted by Crippen LogP contribution is 2.36. The summed E-state index contributed by atoms with van der Waals surface area (Å²) in [4.78, 5) is 4.14. The molecule has 0 radical (unpaired) electrons. The number of hydrogen-bond donors (Lipinski definition) is 0. The van der Waals surface area contributed by atoms with Crippen molar-refractivity contribution >= 4 is 34.8 Å². The van der Waals surface area contributed by atoms with Crippen molar-refractivity contribution in [2.75, 3.05) is 0 Å². The lowest BCUT2D eigenvalue weighted by Gasteiger charge is -2.07. The van der Waals surface area contributed by atoms with Gasteiger partial charge >= 0.3 is 0 Å². The van der Waals surface area contributed by atoms with Crippen LogP contribution in [0.4, 0.5) is 0 Å². The van der Waals surface area contributed by atoms with Crippen LogP contribution in [0.3, 0.4) is 0 Å². The van der Waals surface area contributed by atoms with Crippen molar-refractivity contribution in [3.8, 4) is 17.3 Å². The Labute approximate surface area is 113 Å². The molecular weight excluding hydrogens is 279 g/mol. The summed E-state index contributed by atoms with van der Waals surface area (Å²) in [7, 11) is 0. The second-order valence-electron chi connectivity index (χ2n) is 3.26. The first kappa shape index (κ1) is 12.2. The Morgan fingerprint density at radius 2 is 1.71 bits per heavy atom. The van der Waals surface area contributed by atoms with Gasteiger partial charge < -0.3 is 0 Å². The smallest absolute Gasteiger partial charge is 0.141 e. The number of benzene rings is 1. The maximum atomic E-state index is 8.79. The number of nitriles is 1. The van der Waals surface area contributed by atoms with Crippen LogP contribution in [0.2, 0.25) is 15.1 Å². The molecule has 0 fully saturated rings. The molecular formula is C12H5Cl3N2. The SMILES string of the molecule is N#Cc1cccc(-c2c(Cl)cc(Cl)cc2Cl)n1. The second-order valence-corrected chi connectivity index (χ2v) is 4.52. The highest BCUT2D eigenvalue weighted by molar-refractivity contribution is 6.41. The molecule has 2 aromatic rings. The molecule has 0 N–H and O–H groups in total. The van der Waals surface area contributed by atoms with E-state index in [0.717, 1.165) is 0 Å². The van der Waals surface area contributed by atoms with Crippen LogP contribution in [0.15, 0.2) is 30.3 Å². The minimum absolute atomic E-state index is 0.310. The summed E-state index contributed by atoms with van der Waals surface area (Å²) in [5.41, 5.74) is 1.44. The van der Waals surface area contributed by atoms with E-state index in [4.69, 9.17) is 40.1 Å². The predicted molar refractivity (Wildman–Crippen MR) is 69.4 cm³/mol. The van der Waals surface area contributed by atoms with E-state index in [2.05, 4.69) is 4.98 Å². The molecule has 0 aliphatic carbocycles. The van der Waals surface area contributed by atoms with E-state index in [-0.39, 0.29) is 0 Å². The molecule has 2 rings (SSSR count). The lowest BCUT2D eigenvalue weighted by molar-refractivity contribution is 1.27. The zero-order valence-corrected chi connectivity index (χ0v) is 10.7. The maximum Gasteiger partial charge on any atom is 0.141 e. The van der Waals surface area contributed by atoms with Gasteiger partial charge in [-0.05, 0) is 24.3 Å². The summed E-state index contributed by atoms with van der Waals surface area (Å²) in [6.45, 7) is 0. The molecule has 1 aromatic carbocycles. The quantitative estimate of drug-likeness (QED) is 0.768. The molecule has 1 heterocycles. The van der Waals surface area contributed by atoms with Gasteiger partial charge in [-0.25, -0.2) is 4.98 Å². The Morgan fingerprint density at radius 1 is 1.06 bits per heavy atom. The molecule has 0 saturated carbocycles. The third-order valence-corrected chi connectivity index (χ3v) is 2.94. The fourth-order valence-corrected chi connectivity index (χ4v) is 2.43. The molecule has 17 heavy (non-hydrogen) atoms. The van der Waals surface area contributed by atoms with Crippen molar-refractivity contribution < 1.29 is 0 Å². The number of hydrogen-bond acceptors (Lipinski definition) is 2. The van der Waals surface area contributed by atoms with Crippen LogP contribution < -0.4 is 0 Å². The molecule has 1 aromatic heterocycles. The fraction of sp³-hybridized carbons (Fsp3) is 0. The average molecular weight is 284 g/mol. The molecule has 0 saturated heterocycles.